The van der Waals surface area contributed by atoms with Crippen LogP contribution in [0, 0.1) is 0 Å². The Morgan fingerprint density at radius 3 is 2.71 bits per heavy atom. The van der Waals surface area contributed by atoms with Crippen molar-refractivity contribution in [2.45, 2.75) is 12.8 Å². The lowest BCUT2D eigenvalue weighted by Gasteiger charge is -2.10. The number of ether oxygens (including phenoxy) is 1. The summed E-state index contributed by atoms with van der Waals surface area (Å²) in [5, 5.41) is 5.56. The van der Waals surface area contributed by atoms with Gasteiger partial charge in [-0.05, 0) is 30.4 Å². The number of nitrogens with one attached hydrogen (secondary N) is 1. The van der Waals surface area contributed by atoms with E-state index < -0.39 is 0 Å². The van der Waals surface area contributed by atoms with Crippen LogP contribution in [0.25, 0.3) is 21.9 Å². The molecule has 0 saturated heterocycles. The van der Waals surface area contributed by atoms with E-state index in [0.29, 0.717) is 0 Å². The largest absolute Gasteiger partial charge is 0.398 e. The molecule has 124 valence electrons. The smallest absolute Gasteiger partial charge is 0.125 e. The third-order valence-corrected chi connectivity index (χ3v) is 4.13. The van der Waals surface area contributed by atoms with Crippen LogP contribution in [0.2, 0.25) is 0 Å². The Labute approximate surface area is 142 Å². The summed E-state index contributed by atoms with van der Waals surface area (Å²) in [5.74, 6) is 0.885. The maximum absolute atomic E-state index is 6.36. The first-order chi connectivity index (χ1) is 11.8. The molecule has 0 fully saturated rings. The van der Waals surface area contributed by atoms with E-state index in [1.807, 2.05) is 24.4 Å². The zero-order valence-corrected chi connectivity index (χ0v) is 14.0. The summed E-state index contributed by atoms with van der Waals surface area (Å²) >= 11 is 0. The fourth-order valence-electron chi connectivity index (χ4n) is 2.79. The minimum absolute atomic E-state index is 0.801. The van der Waals surface area contributed by atoms with Crippen LogP contribution in [-0.2, 0) is 4.74 Å². The quantitative estimate of drug-likeness (QED) is 0.502. The topological polar surface area (TPSA) is 60.2 Å². The van der Waals surface area contributed by atoms with Crippen molar-refractivity contribution in [1.82, 2.24) is 4.98 Å². The number of anilines is 2. The maximum atomic E-state index is 6.36. The highest BCUT2D eigenvalue weighted by atomic mass is 16.5. The van der Waals surface area contributed by atoms with Gasteiger partial charge in [0.2, 0.25) is 0 Å². The summed E-state index contributed by atoms with van der Waals surface area (Å²) in [7, 11) is 1.73. The molecule has 0 spiro atoms. The molecule has 1 heterocycles. The summed E-state index contributed by atoms with van der Waals surface area (Å²) in [6.45, 7) is 1.70. The second kappa shape index (κ2) is 7.79. The van der Waals surface area contributed by atoms with Crippen LogP contribution in [0.5, 0.6) is 0 Å². The molecule has 0 aliphatic carbocycles. The molecule has 3 N–H and O–H groups in total. The lowest BCUT2D eigenvalue weighted by molar-refractivity contribution is 0.194. The molecular formula is C20H23N3O. The average molecular weight is 321 g/mol. The maximum Gasteiger partial charge on any atom is 0.125 e. The van der Waals surface area contributed by atoms with Crippen LogP contribution in [0.1, 0.15) is 12.8 Å². The van der Waals surface area contributed by atoms with Gasteiger partial charge < -0.3 is 15.8 Å². The summed E-state index contributed by atoms with van der Waals surface area (Å²) in [6, 6.07) is 16.4. The standard InChI is InChI=1S/C20H23N3O/c1-24-13-5-4-12-22-19-11-9-16(14-23-19)18-10-8-15-6-2-3-7-17(15)20(18)21/h2-3,6-11,14H,4-5,12-13,21H2,1H3,(H,22,23). The van der Waals surface area contributed by atoms with Crippen LogP contribution in [-0.4, -0.2) is 25.2 Å². The van der Waals surface area contributed by atoms with Gasteiger partial charge in [0.05, 0.1) is 0 Å². The number of aromatic nitrogens is 1. The Kier molecular flexibility index (Phi) is 5.29. The number of benzene rings is 2. The molecule has 0 unspecified atom stereocenters. The summed E-state index contributed by atoms with van der Waals surface area (Å²) < 4.78 is 5.05. The Balaban J connectivity index is 1.73. The molecule has 0 atom stereocenters. The number of hydrogen-bond acceptors (Lipinski definition) is 4. The summed E-state index contributed by atoms with van der Waals surface area (Å²) in [6.07, 6.45) is 3.99. The number of hydrogen-bond donors (Lipinski definition) is 2. The number of pyridine rings is 1. The van der Waals surface area contributed by atoms with Crippen LogP contribution < -0.4 is 11.1 Å². The van der Waals surface area contributed by atoms with E-state index in [9.17, 15) is 0 Å². The third-order valence-electron chi connectivity index (χ3n) is 4.13. The predicted molar refractivity (Wildman–Crippen MR) is 101 cm³/mol. The van der Waals surface area contributed by atoms with Gasteiger partial charge in [0.1, 0.15) is 5.82 Å². The van der Waals surface area contributed by atoms with E-state index in [1.165, 1.54) is 0 Å². The van der Waals surface area contributed by atoms with Gasteiger partial charge in [-0.2, -0.15) is 0 Å². The van der Waals surface area contributed by atoms with Crippen LogP contribution in [0.3, 0.4) is 0 Å². The van der Waals surface area contributed by atoms with Crippen molar-refractivity contribution in [3.05, 3.63) is 54.7 Å². The highest BCUT2D eigenvalue weighted by Gasteiger charge is 2.07. The van der Waals surface area contributed by atoms with Crippen molar-refractivity contribution in [3.8, 4) is 11.1 Å². The van der Waals surface area contributed by atoms with E-state index in [1.54, 1.807) is 7.11 Å². The van der Waals surface area contributed by atoms with Crippen LogP contribution >= 0.6 is 0 Å². The van der Waals surface area contributed by atoms with Crippen LogP contribution in [0.4, 0.5) is 11.5 Å². The minimum Gasteiger partial charge on any atom is -0.398 e. The van der Waals surface area contributed by atoms with Gasteiger partial charge in [0.25, 0.3) is 0 Å². The molecular weight excluding hydrogens is 298 g/mol. The van der Waals surface area contributed by atoms with Crippen molar-refractivity contribution in [1.29, 1.82) is 0 Å². The highest BCUT2D eigenvalue weighted by molar-refractivity contribution is 6.00. The number of unbranched alkanes of at least 4 members (excludes halogenated alkanes) is 1. The molecule has 0 radical (unpaired) electrons. The number of rotatable bonds is 7. The SMILES string of the molecule is COCCCCNc1ccc(-c2ccc3ccccc3c2N)cn1. The molecule has 0 amide bonds. The molecule has 0 aliphatic rings. The van der Waals surface area contributed by atoms with Crippen molar-refractivity contribution >= 4 is 22.3 Å². The first-order valence-corrected chi connectivity index (χ1v) is 8.26. The fourth-order valence-corrected chi connectivity index (χ4v) is 2.79. The molecule has 4 nitrogen and oxygen atoms in total. The molecule has 1 aromatic heterocycles. The molecule has 0 saturated carbocycles. The molecule has 3 aromatic rings. The van der Waals surface area contributed by atoms with E-state index in [2.05, 4.69) is 40.6 Å². The predicted octanol–water partition coefficient (Wildman–Crippen LogP) is 4.32. The molecule has 4 heteroatoms. The number of methoxy groups -OCH3 is 1. The summed E-state index contributed by atoms with van der Waals surface area (Å²) in [4.78, 5) is 4.50. The van der Waals surface area contributed by atoms with Gasteiger partial charge in [0, 0.05) is 48.7 Å². The van der Waals surface area contributed by atoms with Gasteiger partial charge in [-0.3, -0.25) is 0 Å². The monoisotopic (exact) mass is 321 g/mol. The summed E-state index contributed by atoms with van der Waals surface area (Å²) in [5.41, 5.74) is 9.21. The van der Waals surface area contributed by atoms with E-state index in [-0.39, 0.29) is 0 Å². The van der Waals surface area contributed by atoms with E-state index in [0.717, 1.165) is 59.4 Å². The number of nitrogens with two attached hydrogens (primary N) is 1. The van der Waals surface area contributed by atoms with Crippen molar-refractivity contribution in [3.63, 3.8) is 0 Å². The molecule has 24 heavy (non-hydrogen) atoms. The second-order valence-electron chi connectivity index (χ2n) is 5.81. The Hall–Kier alpha value is -2.59. The van der Waals surface area contributed by atoms with Crippen molar-refractivity contribution in [2.24, 2.45) is 0 Å². The molecule has 0 bridgehead atoms. The molecule has 3 rings (SSSR count). The Bertz CT molecular complexity index is 800. The van der Waals surface area contributed by atoms with E-state index >= 15 is 0 Å². The highest BCUT2D eigenvalue weighted by Crippen LogP contribution is 2.32. The lowest BCUT2D eigenvalue weighted by atomic mass is 10.00. The first kappa shape index (κ1) is 16.3. The van der Waals surface area contributed by atoms with Gasteiger partial charge in [-0.25, -0.2) is 4.98 Å². The van der Waals surface area contributed by atoms with Gasteiger partial charge >= 0.3 is 0 Å². The molecule has 0 aliphatic heterocycles. The van der Waals surface area contributed by atoms with Gasteiger partial charge in [-0.1, -0.05) is 36.4 Å². The number of fused-ring (bicyclic) bond motifs is 1. The van der Waals surface area contributed by atoms with Crippen molar-refractivity contribution in [2.75, 3.05) is 31.3 Å². The first-order valence-electron chi connectivity index (χ1n) is 8.26. The third kappa shape index (κ3) is 3.66. The number of nitrogen functional groups attached to an aromatic ring is 1. The molecule has 2 aromatic carbocycles. The van der Waals surface area contributed by atoms with Gasteiger partial charge in [0.15, 0.2) is 0 Å². The lowest BCUT2D eigenvalue weighted by Crippen LogP contribution is -2.04. The van der Waals surface area contributed by atoms with E-state index in [4.69, 9.17) is 10.5 Å². The number of nitrogens with zero attached hydrogens (tertiary/aromatic N) is 1. The van der Waals surface area contributed by atoms with Crippen molar-refractivity contribution < 1.29 is 4.74 Å². The normalized spacial score (nSPS) is 10.9. The zero-order valence-electron chi connectivity index (χ0n) is 14.0. The average Bonchev–Trinajstić information content (AvgIpc) is 2.63. The second-order valence-corrected chi connectivity index (χ2v) is 5.81. The Morgan fingerprint density at radius 2 is 1.92 bits per heavy atom. The zero-order chi connectivity index (χ0) is 16.8. The minimum atomic E-state index is 0.801. The van der Waals surface area contributed by atoms with Crippen LogP contribution in [0.15, 0.2) is 54.7 Å². The fraction of sp³-hybridized carbons (Fsp3) is 0.250. The van der Waals surface area contributed by atoms with Gasteiger partial charge in [-0.15, -0.1) is 0 Å². The Morgan fingerprint density at radius 1 is 1.04 bits per heavy atom.